The van der Waals surface area contributed by atoms with E-state index in [9.17, 15) is 9.18 Å². The molecule has 4 aromatic rings. The zero-order valence-electron chi connectivity index (χ0n) is 18.1. The summed E-state index contributed by atoms with van der Waals surface area (Å²) in [5, 5.41) is 14.8. The fraction of sp³-hybridized carbons (Fsp3) is 0.208. The Balaban J connectivity index is 1.76. The Hall–Kier alpha value is -3.94. The van der Waals surface area contributed by atoms with E-state index < -0.39 is 0 Å². The minimum atomic E-state index is -0.359. The number of hydrogen-bond acceptors (Lipinski definition) is 5. The zero-order chi connectivity index (χ0) is 22.7. The second-order valence-corrected chi connectivity index (χ2v) is 7.86. The number of carbonyl (C=O) groups excluding carboxylic acids is 1. The second-order valence-electron chi connectivity index (χ2n) is 7.86. The van der Waals surface area contributed by atoms with E-state index in [1.165, 1.54) is 6.07 Å². The van der Waals surface area contributed by atoms with Gasteiger partial charge in [0, 0.05) is 23.2 Å². The lowest BCUT2D eigenvalue weighted by Crippen LogP contribution is -2.23. The van der Waals surface area contributed by atoms with Gasteiger partial charge in [-0.3, -0.25) is 9.78 Å². The monoisotopic (exact) mass is 430 g/mol. The first-order valence-electron chi connectivity index (χ1n) is 10.3. The van der Waals surface area contributed by atoms with Crippen LogP contribution in [-0.2, 0) is 6.54 Å². The van der Waals surface area contributed by atoms with Gasteiger partial charge in [-0.25, -0.2) is 4.39 Å². The average molecular weight is 430 g/mol. The van der Waals surface area contributed by atoms with Crippen LogP contribution < -0.4 is 5.32 Å². The smallest absolute Gasteiger partial charge is 0.251 e. The first-order valence-corrected chi connectivity index (χ1v) is 10.3. The summed E-state index contributed by atoms with van der Waals surface area (Å²) in [4.78, 5) is 17.2. The summed E-state index contributed by atoms with van der Waals surface area (Å²) >= 11 is 0. The lowest BCUT2D eigenvalue weighted by Gasteiger charge is -2.13. The highest BCUT2D eigenvalue weighted by molar-refractivity contribution is 5.96. The number of nitrogens with one attached hydrogen (secondary N) is 1. The number of hydrogen-bond donors (Lipinski definition) is 1. The van der Waals surface area contributed by atoms with E-state index in [0.29, 0.717) is 28.2 Å². The summed E-state index contributed by atoms with van der Waals surface area (Å²) < 4.78 is 16.3. The summed E-state index contributed by atoms with van der Waals surface area (Å²) in [6, 6.07) is 15.7. The predicted molar refractivity (Wildman–Crippen MR) is 119 cm³/mol. The van der Waals surface area contributed by atoms with Crippen LogP contribution in [0.4, 0.5) is 4.39 Å². The van der Waals surface area contributed by atoms with Crippen LogP contribution >= 0.6 is 0 Å². The van der Waals surface area contributed by atoms with Crippen molar-refractivity contribution in [3.05, 3.63) is 89.3 Å². The number of nitrogens with zero attached hydrogens (tertiary/aromatic N) is 5. The summed E-state index contributed by atoms with van der Waals surface area (Å²) in [5.74, 6) is 0.0470. The predicted octanol–water partition coefficient (Wildman–Crippen LogP) is 4.23. The van der Waals surface area contributed by atoms with Gasteiger partial charge in [-0.05, 0) is 64.9 Å². The molecule has 0 aliphatic carbocycles. The van der Waals surface area contributed by atoms with Gasteiger partial charge in [0.15, 0.2) is 5.82 Å². The molecule has 32 heavy (non-hydrogen) atoms. The van der Waals surface area contributed by atoms with Crippen molar-refractivity contribution in [1.29, 1.82) is 0 Å². The van der Waals surface area contributed by atoms with Crippen LogP contribution in [0.25, 0.3) is 16.8 Å². The number of carbonyl (C=O) groups is 1. The first kappa shape index (κ1) is 21.3. The van der Waals surface area contributed by atoms with E-state index in [1.54, 1.807) is 35.1 Å². The standard InChI is InChI=1S/C24H23FN6O/c1-15(2)23-28-29-30-31(23)20-12-17(21-8-7-16(3)10-22(21)25)11-18(13-20)24(32)27-14-19-6-4-5-9-26-19/h4-13,15H,14H2,1-3H3,(H,27,32). The van der Waals surface area contributed by atoms with Gasteiger partial charge in [0.25, 0.3) is 5.91 Å². The summed E-state index contributed by atoms with van der Waals surface area (Å²) in [5.41, 5.74) is 3.48. The Bertz CT molecular complexity index is 1250. The van der Waals surface area contributed by atoms with E-state index in [1.807, 2.05) is 45.0 Å². The van der Waals surface area contributed by atoms with Crippen LogP contribution in [0.15, 0.2) is 60.8 Å². The van der Waals surface area contributed by atoms with Gasteiger partial charge in [-0.2, -0.15) is 4.68 Å². The number of amides is 1. The third-order valence-corrected chi connectivity index (χ3v) is 5.03. The highest BCUT2D eigenvalue weighted by Crippen LogP contribution is 2.28. The maximum Gasteiger partial charge on any atom is 0.251 e. The topological polar surface area (TPSA) is 85.6 Å². The third-order valence-electron chi connectivity index (χ3n) is 5.03. The summed E-state index contributed by atoms with van der Waals surface area (Å²) in [6.07, 6.45) is 1.67. The number of aromatic nitrogens is 5. The number of aryl methyl sites for hydroxylation is 1. The van der Waals surface area contributed by atoms with Gasteiger partial charge in [-0.15, -0.1) is 5.10 Å². The Morgan fingerprint density at radius 2 is 1.97 bits per heavy atom. The molecule has 0 atom stereocenters. The number of halogens is 1. The average Bonchev–Trinajstić information content (AvgIpc) is 3.28. The van der Waals surface area contributed by atoms with Crippen molar-refractivity contribution in [3.63, 3.8) is 0 Å². The van der Waals surface area contributed by atoms with Crippen molar-refractivity contribution in [3.8, 4) is 16.8 Å². The minimum Gasteiger partial charge on any atom is -0.346 e. The highest BCUT2D eigenvalue weighted by atomic mass is 19.1. The van der Waals surface area contributed by atoms with Crippen molar-refractivity contribution in [2.45, 2.75) is 33.2 Å². The van der Waals surface area contributed by atoms with Crippen LogP contribution in [0.1, 0.15) is 47.2 Å². The van der Waals surface area contributed by atoms with E-state index >= 15 is 0 Å². The van der Waals surface area contributed by atoms with Crippen molar-refractivity contribution in [2.24, 2.45) is 0 Å². The number of tetrazole rings is 1. The molecule has 0 saturated heterocycles. The molecule has 2 aromatic heterocycles. The molecule has 0 fully saturated rings. The molecule has 0 spiro atoms. The Morgan fingerprint density at radius 1 is 1.12 bits per heavy atom. The number of pyridine rings is 1. The van der Waals surface area contributed by atoms with Gasteiger partial charge in [0.1, 0.15) is 5.82 Å². The summed E-state index contributed by atoms with van der Waals surface area (Å²) in [7, 11) is 0. The molecule has 0 radical (unpaired) electrons. The SMILES string of the molecule is Cc1ccc(-c2cc(C(=O)NCc3ccccn3)cc(-n3nnnc3C(C)C)c2)c(F)c1. The van der Waals surface area contributed by atoms with Gasteiger partial charge < -0.3 is 5.32 Å². The lowest BCUT2D eigenvalue weighted by atomic mass is 9.99. The van der Waals surface area contributed by atoms with Crippen LogP contribution in [0.3, 0.4) is 0 Å². The normalized spacial score (nSPS) is 11.0. The Labute approximate surface area is 185 Å². The zero-order valence-corrected chi connectivity index (χ0v) is 18.1. The molecule has 7 nitrogen and oxygen atoms in total. The van der Waals surface area contributed by atoms with Gasteiger partial charge in [-0.1, -0.05) is 32.0 Å². The molecule has 1 amide bonds. The van der Waals surface area contributed by atoms with Gasteiger partial charge in [0.05, 0.1) is 17.9 Å². The molecule has 2 aromatic carbocycles. The molecule has 0 unspecified atom stereocenters. The quantitative estimate of drug-likeness (QED) is 0.495. The molecule has 1 N–H and O–H groups in total. The summed E-state index contributed by atoms with van der Waals surface area (Å²) in [6.45, 7) is 6.06. The molecular weight excluding hydrogens is 407 g/mol. The van der Waals surface area contributed by atoms with E-state index in [2.05, 4.69) is 25.8 Å². The molecule has 4 rings (SSSR count). The van der Waals surface area contributed by atoms with Crippen LogP contribution in [0.2, 0.25) is 0 Å². The molecule has 8 heteroatoms. The highest BCUT2D eigenvalue weighted by Gasteiger charge is 2.17. The lowest BCUT2D eigenvalue weighted by molar-refractivity contribution is 0.0950. The van der Waals surface area contributed by atoms with Crippen LogP contribution in [0, 0.1) is 12.7 Å². The molecule has 0 aliphatic heterocycles. The Kier molecular flexibility index (Phi) is 6.02. The minimum absolute atomic E-state index is 0.0613. The molecule has 0 saturated carbocycles. The van der Waals surface area contributed by atoms with Crippen molar-refractivity contribution >= 4 is 5.91 Å². The fourth-order valence-corrected chi connectivity index (χ4v) is 3.39. The Morgan fingerprint density at radius 3 is 2.69 bits per heavy atom. The van der Waals surface area contributed by atoms with Crippen LogP contribution in [0.5, 0.6) is 0 Å². The second kappa shape index (κ2) is 9.05. The molecular formula is C24H23FN6O. The fourth-order valence-electron chi connectivity index (χ4n) is 3.39. The van der Waals surface area contributed by atoms with Crippen molar-refractivity contribution in [1.82, 2.24) is 30.5 Å². The largest absolute Gasteiger partial charge is 0.346 e. The van der Waals surface area contributed by atoms with E-state index in [4.69, 9.17) is 0 Å². The molecule has 0 aliphatic rings. The number of benzene rings is 2. The molecule has 162 valence electrons. The van der Waals surface area contributed by atoms with Gasteiger partial charge in [0.2, 0.25) is 0 Å². The van der Waals surface area contributed by atoms with E-state index in [0.717, 1.165) is 11.3 Å². The molecule has 0 bridgehead atoms. The maximum atomic E-state index is 14.8. The maximum absolute atomic E-state index is 14.8. The first-order chi connectivity index (χ1) is 15.4. The van der Waals surface area contributed by atoms with Gasteiger partial charge >= 0.3 is 0 Å². The van der Waals surface area contributed by atoms with E-state index in [-0.39, 0.29) is 24.2 Å². The van der Waals surface area contributed by atoms with Crippen molar-refractivity contribution < 1.29 is 9.18 Å². The van der Waals surface area contributed by atoms with Crippen LogP contribution in [-0.4, -0.2) is 31.1 Å². The molecule has 2 heterocycles. The third kappa shape index (κ3) is 4.54. The van der Waals surface area contributed by atoms with Crippen molar-refractivity contribution in [2.75, 3.05) is 0 Å². The number of rotatable bonds is 6.